The van der Waals surface area contributed by atoms with Gasteiger partial charge in [-0.3, -0.25) is 14.4 Å². The van der Waals surface area contributed by atoms with Gasteiger partial charge in [-0.2, -0.15) is 18.3 Å². The molecule has 208 valence electrons. The van der Waals surface area contributed by atoms with Crippen LogP contribution in [0, 0.1) is 12.8 Å². The van der Waals surface area contributed by atoms with E-state index in [9.17, 15) is 18.0 Å². The second kappa shape index (κ2) is 9.48. The minimum atomic E-state index is -4.52. The van der Waals surface area contributed by atoms with E-state index in [0.29, 0.717) is 12.2 Å². The van der Waals surface area contributed by atoms with Gasteiger partial charge in [-0.25, -0.2) is 4.98 Å². The molecule has 3 atom stereocenters. The average Bonchev–Trinajstić information content (AvgIpc) is 3.40. The predicted molar refractivity (Wildman–Crippen MR) is 142 cm³/mol. The zero-order valence-corrected chi connectivity index (χ0v) is 22.4. The number of carbonyl (C=O) groups is 1. The maximum atomic E-state index is 13.5. The van der Waals surface area contributed by atoms with E-state index >= 15 is 0 Å². The lowest BCUT2D eigenvalue weighted by molar-refractivity contribution is -0.144. The zero-order chi connectivity index (χ0) is 27.5. The first-order valence-electron chi connectivity index (χ1n) is 13.4. The maximum absolute atomic E-state index is 13.5. The number of pyridine rings is 1. The summed E-state index contributed by atoms with van der Waals surface area (Å²) < 4.78 is 46.9. The van der Waals surface area contributed by atoms with Crippen molar-refractivity contribution in [2.45, 2.75) is 44.3 Å². The number of aromatic nitrogens is 3. The molecule has 6 rings (SSSR count). The van der Waals surface area contributed by atoms with Crippen LogP contribution in [0.5, 0.6) is 0 Å². The highest BCUT2D eigenvalue weighted by molar-refractivity contribution is 5.97. The van der Waals surface area contributed by atoms with Crippen molar-refractivity contribution in [2.75, 3.05) is 49.6 Å². The Hall–Kier alpha value is -3.18. The van der Waals surface area contributed by atoms with E-state index in [1.807, 2.05) is 6.07 Å². The molecule has 8 nitrogen and oxygen atoms in total. The van der Waals surface area contributed by atoms with E-state index in [4.69, 9.17) is 4.74 Å². The first kappa shape index (κ1) is 26.1. The number of hydrogen-bond acceptors (Lipinski definition) is 6. The minimum Gasteiger partial charge on any atom is -0.379 e. The van der Waals surface area contributed by atoms with Gasteiger partial charge in [0.25, 0.3) is 0 Å². The molecular formula is C28H33F3N6O2. The summed E-state index contributed by atoms with van der Waals surface area (Å²) in [4.78, 5) is 22.3. The molecule has 3 aromatic rings. The quantitative estimate of drug-likeness (QED) is 0.517. The molecule has 1 aliphatic carbocycles. The Morgan fingerprint density at radius 3 is 2.59 bits per heavy atom. The van der Waals surface area contributed by atoms with Gasteiger partial charge in [-0.1, -0.05) is 0 Å². The van der Waals surface area contributed by atoms with Gasteiger partial charge in [0.05, 0.1) is 12.8 Å². The largest absolute Gasteiger partial charge is 0.433 e. The molecule has 1 amide bonds. The van der Waals surface area contributed by atoms with Crippen molar-refractivity contribution < 1.29 is 22.7 Å². The molecule has 2 saturated heterocycles. The van der Waals surface area contributed by atoms with Gasteiger partial charge in [-0.15, -0.1) is 0 Å². The maximum Gasteiger partial charge on any atom is 0.433 e. The monoisotopic (exact) mass is 542 g/mol. The lowest BCUT2D eigenvalue weighted by Crippen LogP contribution is -2.56. The summed E-state index contributed by atoms with van der Waals surface area (Å²) in [5, 5.41) is 8.53. The number of nitrogens with one attached hydrogen (secondary N) is 1. The van der Waals surface area contributed by atoms with Crippen LogP contribution < -0.4 is 10.2 Å². The van der Waals surface area contributed by atoms with Crippen LogP contribution in [0.1, 0.15) is 42.5 Å². The zero-order valence-electron chi connectivity index (χ0n) is 22.4. The highest BCUT2D eigenvalue weighted by atomic mass is 19.4. The molecule has 4 heterocycles. The Kier molecular flexibility index (Phi) is 6.33. The van der Waals surface area contributed by atoms with Crippen LogP contribution in [0.4, 0.5) is 24.7 Å². The number of carbonyl (C=O) groups excluding carboxylic acids is 1. The fourth-order valence-electron chi connectivity index (χ4n) is 6.22. The van der Waals surface area contributed by atoms with Crippen LogP contribution in [0.25, 0.3) is 10.8 Å². The molecule has 2 aliphatic heterocycles. The SMILES string of the molecule is Cc1cc2cnc(NC(=O)[C@@H]3C[C@H]3c3cnn(C)c3C(F)(F)F)cc2cc1N1CCN([C@@]2(C)CCOC2)CC1. The number of piperazine rings is 1. The molecule has 3 aliphatic rings. The number of nitrogens with zero attached hydrogens (tertiary/aromatic N) is 5. The third kappa shape index (κ3) is 4.86. The van der Waals surface area contributed by atoms with Gasteiger partial charge in [-0.05, 0) is 61.8 Å². The van der Waals surface area contributed by atoms with E-state index in [0.717, 1.165) is 67.0 Å². The number of amides is 1. The summed E-state index contributed by atoms with van der Waals surface area (Å²) in [6, 6.07) is 6.09. The van der Waals surface area contributed by atoms with Crippen molar-refractivity contribution in [3.8, 4) is 0 Å². The second-order valence-corrected chi connectivity index (χ2v) is 11.3. The van der Waals surface area contributed by atoms with E-state index in [1.165, 1.54) is 18.8 Å². The van der Waals surface area contributed by atoms with Gasteiger partial charge >= 0.3 is 6.18 Å². The minimum absolute atomic E-state index is 0.0753. The standard InChI is InChI=1S/C28H33F3N6O2/c1-17-10-19-14-32-24(34-26(38)21-13-20(21)22-15-33-35(3)25(22)28(29,30)31)12-18(19)11-23(17)36-5-7-37(8-6-36)27(2)4-9-39-16-27/h10-12,14-15,20-21H,4-9,13,16H2,1-3H3,(H,32,34,38)/t20-,21-,27+/m1/s1. The normalized spacial score (nSPS) is 25.8. The van der Waals surface area contributed by atoms with Crippen molar-refractivity contribution in [1.29, 1.82) is 0 Å². The smallest absolute Gasteiger partial charge is 0.379 e. The van der Waals surface area contributed by atoms with Gasteiger partial charge < -0.3 is 15.0 Å². The number of halogens is 3. The predicted octanol–water partition coefficient (Wildman–Crippen LogP) is 4.34. The van der Waals surface area contributed by atoms with Crippen molar-refractivity contribution in [3.63, 3.8) is 0 Å². The van der Waals surface area contributed by atoms with Gasteiger partial charge in [0.1, 0.15) is 11.5 Å². The summed E-state index contributed by atoms with van der Waals surface area (Å²) in [7, 11) is 1.27. The van der Waals surface area contributed by atoms with Gasteiger partial charge in [0.15, 0.2) is 0 Å². The molecule has 0 spiro atoms. The topological polar surface area (TPSA) is 75.5 Å². The Morgan fingerprint density at radius 2 is 1.90 bits per heavy atom. The third-order valence-electron chi connectivity index (χ3n) is 8.63. The van der Waals surface area contributed by atoms with E-state index in [1.54, 1.807) is 6.20 Å². The van der Waals surface area contributed by atoms with Gasteiger partial charge in [0, 0.05) is 74.1 Å². The Balaban J connectivity index is 1.15. The van der Waals surface area contributed by atoms with Crippen LogP contribution in [0.15, 0.2) is 30.6 Å². The first-order chi connectivity index (χ1) is 18.5. The first-order valence-corrected chi connectivity index (χ1v) is 13.4. The Morgan fingerprint density at radius 1 is 1.13 bits per heavy atom. The van der Waals surface area contributed by atoms with Crippen molar-refractivity contribution >= 4 is 28.2 Å². The average molecular weight is 543 g/mol. The van der Waals surface area contributed by atoms with Crippen LogP contribution in [-0.2, 0) is 22.8 Å². The summed E-state index contributed by atoms with van der Waals surface area (Å²) in [5.74, 6) is -0.961. The summed E-state index contributed by atoms with van der Waals surface area (Å²) in [5.41, 5.74) is 1.74. The summed E-state index contributed by atoms with van der Waals surface area (Å²) in [6.45, 7) is 9.81. The number of benzene rings is 1. The van der Waals surface area contributed by atoms with Gasteiger partial charge in [0.2, 0.25) is 5.91 Å². The number of anilines is 2. The van der Waals surface area contributed by atoms with Crippen molar-refractivity contribution in [1.82, 2.24) is 19.7 Å². The molecular weight excluding hydrogens is 509 g/mol. The Labute approximate surface area is 225 Å². The highest BCUT2D eigenvalue weighted by Crippen LogP contribution is 2.51. The lowest BCUT2D eigenvalue weighted by Gasteiger charge is -2.44. The molecule has 0 bridgehead atoms. The van der Waals surface area contributed by atoms with Crippen molar-refractivity contribution in [2.24, 2.45) is 13.0 Å². The molecule has 1 aromatic carbocycles. The number of fused-ring (bicyclic) bond motifs is 1. The number of ether oxygens (including phenoxy) is 1. The van der Waals surface area contributed by atoms with Crippen molar-refractivity contribution in [3.05, 3.63) is 47.4 Å². The molecule has 0 radical (unpaired) electrons. The molecule has 1 saturated carbocycles. The molecule has 3 fully saturated rings. The molecule has 1 N–H and O–H groups in total. The van der Waals surface area contributed by atoms with E-state index in [2.05, 4.69) is 51.2 Å². The molecule has 2 aromatic heterocycles. The number of hydrogen-bond donors (Lipinski definition) is 1. The highest BCUT2D eigenvalue weighted by Gasteiger charge is 2.50. The van der Waals surface area contributed by atoms with Crippen LogP contribution in [-0.4, -0.2) is 70.5 Å². The molecule has 39 heavy (non-hydrogen) atoms. The second-order valence-electron chi connectivity index (χ2n) is 11.3. The van der Waals surface area contributed by atoms with E-state index < -0.39 is 23.7 Å². The Bertz CT molecular complexity index is 1410. The molecule has 0 unspecified atom stereocenters. The fourth-order valence-corrected chi connectivity index (χ4v) is 6.22. The van der Waals surface area contributed by atoms with Crippen LogP contribution >= 0.6 is 0 Å². The third-order valence-corrected chi connectivity index (χ3v) is 8.63. The molecule has 11 heteroatoms. The fraction of sp³-hybridized carbons (Fsp3) is 0.536. The van der Waals surface area contributed by atoms with E-state index in [-0.39, 0.29) is 17.0 Å². The number of alkyl halides is 3. The summed E-state index contributed by atoms with van der Waals surface area (Å²) >= 11 is 0. The number of aryl methyl sites for hydroxylation is 2. The lowest BCUT2D eigenvalue weighted by atomic mass is 9.97. The summed E-state index contributed by atoms with van der Waals surface area (Å²) in [6.07, 6.45) is -0.143. The van der Waals surface area contributed by atoms with Crippen LogP contribution in [0.3, 0.4) is 0 Å². The van der Waals surface area contributed by atoms with Crippen LogP contribution in [0.2, 0.25) is 0 Å². The number of rotatable bonds is 5.